The lowest BCUT2D eigenvalue weighted by Crippen LogP contribution is -2.40. The Labute approximate surface area is 189 Å². The molecule has 166 valence electrons. The van der Waals surface area contributed by atoms with E-state index in [-0.39, 0.29) is 17.1 Å². The van der Waals surface area contributed by atoms with E-state index in [1.54, 1.807) is 10.8 Å². The molecule has 0 saturated heterocycles. The fourth-order valence-corrected chi connectivity index (χ4v) is 4.09. The SMILES string of the molecule is CCCn1c2c(c(=O)n(C)c1=O)C(=O)/C(=C/c1c(C)nn(Cc3ccc(C)cc3)c1Cl)N2. The van der Waals surface area contributed by atoms with Gasteiger partial charge in [-0.2, -0.15) is 5.10 Å². The monoisotopic (exact) mass is 453 g/mol. The van der Waals surface area contributed by atoms with E-state index in [1.165, 1.54) is 17.2 Å². The Hall–Kier alpha value is -3.39. The van der Waals surface area contributed by atoms with Gasteiger partial charge in [0, 0.05) is 19.2 Å². The number of hydrogen-bond acceptors (Lipinski definition) is 5. The van der Waals surface area contributed by atoms with Crippen LogP contribution in [0.15, 0.2) is 39.6 Å². The number of benzene rings is 1. The maximum atomic E-state index is 13.1. The van der Waals surface area contributed by atoms with Crippen molar-refractivity contribution in [3.8, 4) is 0 Å². The maximum absolute atomic E-state index is 13.1. The molecular weight excluding hydrogens is 430 g/mol. The van der Waals surface area contributed by atoms with Crippen molar-refractivity contribution >= 4 is 29.3 Å². The number of carbonyl (C=O) groups is 1. The van der Waals surface area contributed by atoms with Crippen molar-refractivity contribution in [2.24, 2.45) is 7.05 Å². The van der Waals surface area contributed by atoms with Gasteiger partial charge in [0.2, 0.25) is 5.78 Å². The van der Waals surface area contributed by atoms with Crippen LogP contribution < -0.4 is 16.6 Å². The van der Waals surface area contributed by atoms with Crippen molar-refractivity contribution < 1.29 is 4.79 Å². The summed E-state index contributed by atoms with van der Waals surface area (Å²) in [6.07, 6.45) is 2.27. The summed E-state index contributed by atoms with van der Waals surface area (Å²) in [5.74, 6) is -0.232. The zero-order valence-electron chi connectivity index (χ0n) is 18.4. The minimum atomic E-state index is -0.615. The zero-order valence-corrected chi connectivity index (χ0v) is 19.2. The van der Waals surface area contributed by atoms with Gasteiger partial charge in [-0.15, -0.1) is 0 Å². The molecule has 0 radical (unpaired) electrons. The molecule has 0 unspecified atom stereocenters. The fourth-order valence-electron chi connectivity index (χ4n) is 3.80. The fraction of sp³-hybridized carbons (Fsp3) is 0.304. The lowest BCUT2D eigenvalue weighted by molar-refractivity contribution is 0.104. The molecule has 1 aromatic carbocycles. The van der Waals surface area contributed by atoms with Crippen LogP contribution in [0, 0.1) is 13.8 Å². The zero-order chi connectivity index (χ0) is 23.2. The summed E-state index contributed by atoms with van der Waals surface area (Å²) < 4.78 is 4.06. The Morgan fingerprint density at radius 3 is 2.47 bits per heavy atom. The first-order chi connectivity index (χ1) is 15.2. The van der Waals surface area contributed by atoms with Crippen LogP contribution in [0.5, 0.6) is 0 Å². The van der Waals surface area contributed by atoms with E-state index in [0.717, 1.165) is 10.1 Å². The highest BCUT2D eigenvalue weighted by atomic mass is 35.5. The topological polar surface area (TPSA) is 90.9 Å². The van der Waals surface area contributed by atoms with Crippen molar-refractivity contribution in [3.63, 3.8) is 0 Å². The molecule has 0 fully saturated rings. The number of ketones is 1. The quantitative estimate of drug-likeness (QED) is 0.599. The minimum absolute atomic E-state index is 0.0346. The van der Waals surface area contributed by atoms with Gasteiger partial charge in [-0.1, -0.05) is 48.4 Å². The van der Waals surface area contributed by atoms with Gasteiger partial charge in [0.15, 0.2) is 0 Å². The number of nitrogens with one attached hydrogen (secondary N) is 1. The number of carbonyl (C=O) groups excluding carboxylic acids is 1. The first-order valence-corrected chi connectivity index (χ1v) is 10.8. The molecule has 1 aliphatic heterocycles. The minimum Gasteiger partial charge on any atom is -0.338 e. The number of fused-ring (bicyclic) bond motifs is 1. The molecule has 3 heterocycles. The number of halogens is 1. The summed E-state index contributed by atoms with van der Waals surface area (Å²) in [5.41, 5.74) is 2.53. The molecule has 0 bridgehead atoms. The Balaban J connectivity index is 1.74. The molecule has 4 rings (SSSR count). The van der Waals surface area contributed by atoms with E-state index >= 15 is 0 Å². The van der Waals surface area contributed by atoms with Crippen LogP contribution in [0.2, 0.25) is 5.15 Å². The van der Waals surface area contributed by atoms with Crippen LogP contribution in [-0.4, -0.2) is 24.7 Å². The molecule has 9 heteroatoms. The Kier molecular flexibility index (Phi) is 5.64. The first kappa shape index (κ1) is 21.8. The average Bonchev–Trinajstić information content (AvgIpc) is 3.22. The molecule has 1 aliphatic rings. The Morgan fingerprint density at radius 2 is 1.81 bits per heavy atom. The van der Waals surface area contributed by atoms with Crippen LogP contribution in [0.1, 0.15) is 46.1 Å². The van der Waals surface area contributed by atoms with Gasteiger partial charge in [-0.05, 0) is 31.9 Å². The van der Waals surface area contributed by atoms with Gasteiger partial charge in [0.1, 0.15) is 16.5 Å². The molecule has 8 nitrogen and oxygen atoms in total. The van der Waals surface area contributed by atoms with Crippen LogP contribution in [0.3, 0.4) is 0 Å². The van der Waals surface area contributed by atoms with Crippen LogP contribution in [0.25, 0.3) is 6.08 Å². The number of Topliss-reactive ketones (excluding diaryl/α,β-unsaturated/α-hetero) is 1. The van der Waals surface area contributed by atoms with Crippen molar-refractivity contribution in [1.82, 2.24) is 18.9 Å². The summed E-state index contributed by atoms with van der Waals surface area (Å²) >= 11 is 6.61. The van der Waals surface area contributed by atoms with E-state index in [1.807, 2.05) is 45.0 Å². The van der Waals surface area contributed by atoms with Crippen LogP contribution in [0.4, 0.5) is 5.82 Å². The summed E-state index contributed by atoms with van der Waals surface area (Å²) in [7, 11) is 1.38. The summed E-state index contributed by atoms with van der Waals surface area (Å²) in [6, 6.07) is 8.08. The van der Waals surface area contributed by atoms with E-state index in [0.29, 0.717) is 35.9 Å². The largest absolute Gasteiger partial charge is 0.338 e. The standard InChI is InChI=1S/C23H24ClN5O3/c1-5-10-28-21-18(22(31)27(4)23(28)32)19(30)17(25-21)11-16-14(3)26-29(20(16)24)12-15-8-6-13(2)7-9-15/h6-9,11,25H,5,10,12H2,1-4H3/b17-11-. The predicted octanol–water partition coefficient (Wildman–Crippen LogP) is 3.12. The maximum Gasteiger partial charge on any atom is 0.332 e. The van der Waals surface area contributed by atoms with E-state index in [9.17, 15) is 14.4 Å². The number of allylic oxidation sites excluding steroid dienone is 1. The third-order valence-electron chi connectivity index (χ3n) is 5.57. The lowest BCUT2D eigenvalue weighted by Gasteiger charge is -2.11. The summed E-state index contributed by atoms with van der Waals surface area (Å²) in [6.45, 7) is 6.63. The number of hydrogen-bond donors (Lipinski definition) is 1. The molecule has 0 spiro atoms. The number of nitrogens with zero attached hydrogens (tertiary/aromatic N) is 4. The van der Waals surface area contributed by atoms with Gasteiger partial charge in [0.25, 0.3) is 5.56 Å². The highest BCUT2D eigenvalue weighted by molar-refractivity contribution is 6.31. The lowest BCUT2D eigenvalue weighted by atomic mass is 10.1. The van der Waals surface area contributed by atoms with Gasteiger partial charge in [-0.3, -0.25) is 18.7 Å². The molecular formula is C23H24ClN5O3. The third-order valence-corrected chi connectivity index (χ3v) is 5.96. The van der Waals surface area contributed by atoms with Crippen LogP contribution >= 0.6 is 11.6 Å². The molecule has 2 aromatic heterocycles. The highest BCUT2D eigenvalue weighted by Crippen LogP contribution is 2.29. The van der Waals surface area contributed by atoms with E-state index < -0.39 is 17.0 Å². The first-order valence-electron chi connectivity index (χ1n) is 10.4. The normalized spacial score (nSPS) is 14.2. The molecule has 1 N–H and O–H groups in total. The molecule has 0 amide bonds. The van der Waals surface area contributed by atoms with Gasteiger partial charge in [0.05, 0.1) is 17.9 Å². The van der Waals surface area contributed by atoms with Gasteiger partial charge >= 0.3 is 5.69 Å². The molecule has 0 atom stereocenters. The average molecular weight is 454 g/mol. The van der Waals surface area contributed by atoms with Crippen molar-refractivity contribution in [2.75, 3.05) is 5.32 Å². The molecule has 0 aliphatic carbocycles. The van der Waals surface area contributed by atoms with Crippen molar-refractivity contribution in [1.29, 1.82) is 0 Å². The molecule has 3 aromatic rings. The van der Waals surface area contributed by atoms with E-state index in [2.05, 4.69) is 10.4 Å². The predicted molar refractivity (Wildman–Crippen MR) is 124 cm³/mol. The second-order valence-electron chi connectivity index (χ2n) is 7.97. The summed E-state index contributed by atoms with van der Waals surface area (Å²) in [4.78, 5) is 38.2. The van der Waals surface area contributed by atoms with Gasteiger partial charge < -0.3 is 5.32 Å². The number of aryl methyl sites for hydroxylation is 2. The molecule has 32 heavy (non-hydrogen) atoms. The van der Waals surface area contributed by atoms with Gasteiger partial charge in [-0.25, -0.2) is 9.48 Å². The number of aromatic nitrogens is 4. The smallest absolute Gasteiger partial charge is 0.332 e. The van der Waals surface area contributed by atoms with Crippen LogP contribution in [-0.2, 0) is 20.1 Å². The summed E-state index contributed by atoms with van der Waals surface area (Å²) in [5, 5.41) is 7.89. The second-order valence-corrected chi connectivity index (χ2v) is 8.33. The van der Waals surface area contributed by atoms with E-state index in [4.69, 9.17) is 11.6 Å². The third kappa shape index (κ3) is 3.60. The van der Waals surface area contributed by atoms with Crippen molar-refractivity contribution in [3.05, 3.63) is 83.9 Å². The Bertz CT molecular complexity index is 1380. The molecule has 0 saturated carbocycles. The number of anilines is 1. The second kappa shape index (κ2) is 8.27. The highest BCUT2D eigenvalue weighted by Gasteiger charge is 2.33. The van der Waals surface area contributed by atoms with Crippen molar-refractivity contribution in [2.45, 2.75) is 40.3 Å². The Morgan fingerprint density at radius 1 is 1.12 bits per heavy atom. The number of rotatable bonds is 5.